The average Bonchev–Trinajstić information content (AvgIpc) is 2.76. The van der Waals surface area contributed by atoms with E-state index in [0.717, 1.165) is 18.8 Å². The van der Waals surface area contributed by atoms with Crippen LogP contribution in [-0.4, -0.2) is 16.6 Å². The Kier molecular flexibility index (Phi) is 5.44. The smallest absolute Gasteiger partial charge is 0.323 e. The molecule has 1 aliphatic carbocycles. The van der Waals surface area contributed by atoms with Gasteiger partial charge in [-0.3, -0.25) is 4.79 Å². The molecule has 1 saturated carbocycles. The Hall–Kier alpha value is -0.570. The van der Waals surface area contributed by atoms with Crippen molar-refractivity contribution in [3.8, 4) is 0 Å². The van der Waals surface area contributed by atoms with Crippen molar-refractivity contribution in [2.24, 2.45) is 17.6 Å². The summed E-state index contributed by atoms with van der Waals surface area (Å²) in [6.07, 6.45) is 9.54. The maximum atomic E-state index is 11.0. The lowest BCUT2D eigenvalue weighted by Crippen LogP contribution is -2.46. The topological polar surface area (TPSA) is 63.3 Å². The van der Waals surface area contributed by atoms with Crippen molar-refractivity contribution in [1.82, 2.24) is 0 Å². The highest BCUT2D eigenvalue weighted by Gasteiger charge is 2.31. The van der Waals surface area contributed by atoms with Gasteiger partial charge < -0.3 is 10.8 Å². The predicted octanol–water partition coefficient (Wildman–Crippen LogP) is 3.18. The van der Waals surface area contributed by atoms with Gasteiger partial charge in [-0.25, -0.2) is 0 Å². The number of carbonyl (C=O) groups is 1. The average molecular weight is 241 g/mol. The second-order valence-corrected chi connectivity index (χ2v) is 5.93. The van der Waals surface area contributed by atoms with E-state index in [1.54, 1.807) is 6.92 Å². The summed E-state index contributed by atoms with van der Waals surface area (Å²) in [5.74, 6) is 0.469. The summed E-state index contributed by atoms with van der Waals surface area (Å²) in [6, 6.07) is 0. The molecule has 3 heteroatoms. The first-order chi connectivity index (χ1) is 7.95. The molecule has 0 saturated heterocycles. The molecule has 17 heavy (non-hydrogen) atoms. The summed E-state index contributed by atoms with van der Waals surface area (Å²) >= 11 is 0. The number of aliphatic carboxylic acids is 1. The van der Waals surface area contributed by atoms with Crippen LogP contribution in [0.1, 0.15) is 65.2 Å². The van der Waals surface area contributed by atoms with Crippen LogP contribution in [0, 0.1) is 11.8 Å². The predicted molar refractivity (Wildman–Crippen MR) is 69.8 cm³/mol. The van der Waals surface area contributed by atoms with E-state index >= 15 is 0 Å². The van der Waals surface area contributed by atoms with Crippen molar-refractivity contribution < 1.29 is 9.90 Å². The number of rotatable bonds is 7. The summed E-state index contributed by atoms with van der Waals surface area (Å²) in [5.41, 5.74) is 4.76. The fraction of sp³-hybridized carbons (Fsp3) is 0.929. The Morgan fingerprint density at radius 1 is 1.47 bits per heavy atom. The molecule has 100 valence electrons. The van der Waals surface area contributed by atoms with E-state index in [9.17, 15) is 4.79 Å². The summed E-state index contributed by atoms with van der Waals surface area (Å²) in [7, 11) is 0. The molecule has 0 aromatic rings. The fourth-order valence-corrected chi connectivity index (χ4v) is 2.91. The SMILES string of the molecule is CC[C@@H](CCC1CCCC1)C[C@@](C)(N)C(=O)O. The first-order valence-corrected chi connectivity index (χ1v) is 6.98. The van der Waals surface area contributed by atoms with Gasteiger partial charge >= 0.3 is 5.97 Å². The molecule has 1 aliphatic rings. The number of carboxylic acids is 1. The van der Waals surface area contributed by atoms with Crippen LogP contribution >= 0.6 is 0 Å². The second kappa shape index (κ2) is 6.39. The van der Waals surface area contributed by atoms with Crippen LogP contribution in [0.2, 0.25) is 0 Å². The maximum Gasteiger partial charge on any atom is 0.323 e. The van der Waals surface area contributed by atoms with Gasteiger partial charge in [0.25, 0.3) is 0 Å². The molecule has 3 N–H and O–H groups in total. The molecule has 0 spiro atoms. The van der Waals surface area contributed by atoms with Crippen LogP contribution in [-0.2, 0) is 4.79 Å². The minimum Gasteiger partial charge on any atom is -0.480 e. The summed E-state index contributed by atoms with van der Waals surface area (Å²) in [4.78, 5) is 11.0. The largest absolute Gasteiger partial charge is 0.480 e. The van der Waals surface area contributed by atoms with Gasteiger partial charge in [-0.05, 0) is 25.2 Å². The lowest BCUT2D eigenvalue weighted by Gasteiger charge is -2.26. The summed E-state index contributed by atoms with van der Waals surface area (Å²) in [6.45, 7) is 3.77. The van der Waals surface area contributed by atoms with Crippen LogP contribution in [0.15, 0.2) is 0 Å². The second-order valence-electron chi connectivity index (χ2n) is 5.93. The maximum absolute atomic E-state index is 11.0. The van der Waals surface area contributed by atoms with E-state index in [2.05, 4.69) is 6.92 Å². The van der Waals surface area contributed by atoms with Crippen LogP contribution in [0.25, 0.3) is 0 Å². The molecule has 3 nitrogen and oxygen atoms in total. The first kappa shape index (κ1) is 14.5. The molecule has 0 unspecified atom stereocenters. The minimum absolute atomic E-state index is 0.460. The third-order valence-electron chi connectivity index (χ3n) is 4.24. The standard InChI is InChI=1S/C14H27NO2/c1-3-11(10-14(2,15)13(16)17)8-9-12-6-4-5-7-12/h11-12H,3-10,15H2,1-2H3,(H,16,17)/t11-,14+/m0/s1. The molecule has 0 amide bonds. The van der Waals surface area contributed by atoms with Crippen molar-refractivity contribution >= 4 is 5.97 Å². The van der Waals surface area contributed by atoms with Gasteiger partial charge in [-0.15, -0.1) is 0 Å². The molecule has 0 aliphatic heterocycles. The van der Waals surface area contributed by atoms with Crippen LogP contribution in [0.5, 0.6) is 0 Å². The van der Waals surface area contributed by atoms with E-state index in [1.165, 1.54) is 32.1 Å². The molecule has 0 bridgehead atoms. The Balaban J connectivity index is 2.34. The third-order valence-corrected chi connectivity index (χ3v) is 4.24. The fourth-order valence-electron chi connectivity index (χ4n) is 2.91. The highest BCUT2D eigenvalue weighted by Crippen LogP contribution is 2.32. The van der Waals surface area contributed by atoms with E-state index in [-0.39, 0.29) is 0 Å². The van der Waals surface area contributed by atoms with Crippen molar-refractivity contribution in [3.05, 3.63) is 0 Å². The molecule has 0 radical (unpaired) electrons. The van der Waals surface area contributed by atoms with Crippen molar-refractivity contribution in [3.63, 3.8) is 0 Å². The highest BCUT2D eigenvalue weighted by atomic mass is 16.4. The molecule has 0 aromatic heterocycles. The van der Waals surface area contributed by atoms with Crippen LogP contribution in [0.3, 0.4) is 0 Å². The molecular formula is C14H27NO2. The molecule has 1 fully saturated rings. The van der Waals surface area contributed by atoms with Gasteiger partial charge in [-0.2, -0.15) is 0 Å². The van der Waals surface area contributed by atoms with E-state index in [4.69, 9.17) is 10.8 Å². The van der Waals surface area contributed by atoms with E-state index in [1.807, 2.05) is 0 Å². The van der Waals surface area contributed by atoms with E-state index in [0.29, 0.717) is 12.3 Å². The lowest BCUT2D eigenvalue weighted by atomic mass is 9.83. The van der Waals surface area contributed by atoms with Gasteiger partial charge in [-0.1, -0.05) is 51.9 Å². The quantitative estimate of drug-likeness (QED) is 0.719. The third kappa shape index (κ3) is 4.66. The van der Waals surface area contributed by atoms with Gasteiger partial charge in [0.15, 0.2) is 0 Å². The van der Waals surface area contributed by atoms with E-state index < -0.39 is 11.5 Å². The van der Waals surface area contributed by atoms with Gasteiger partial charge in [0, 0.05) is 0 Å². The minimum atomic E-state index is -1.06. The first-order valence-electron chi connectivity index (χ1n) is 6.98. The molecule has 0 aromatic carbocycles. The zero-order valence-corrected chi connectivity index (χ0v) is 11.2. The Morgan fingerprint density at radius 3 is 2.53 bits per heavy atom. The monoisotopic (exact) mass is 241 g/mol. The Labute approximate surface area is 105 Å². The van der Waals surface area contributed by atoms with Crippen molar-refractivity contribution in [1.29, 1.82) is 0 Å². The molecular weight excluding hydrogens is 214 g/mol. The number of hydrogen-bond acceptors (Lipinski definition) is 2. The zero-order chi connectivity index (χ0) is 12.9. The number of nitrogens with two attached hydrogens (primary N) is 1. The molecule has 1 rings (SSSR count). The Bertz CT molecular complexity index is 245. The Morgan fingerprint density at radius 2 is 2.06 bits per heavy atom. The van der Waals surface area contributed by atoms with Gasteiger partial charge in [0.05, 0.1) is 0 Å². The molecule has 2 atom stereocenters. The highest BCUT2D eigenvalue weighted by molar-refractivity contribution is 5.77. The van der Waals surface area contributed by atoms with Gasteiger partial charge in [0.1, 0.15) is 5.54 Å². The lowest BCUT2D eigenvalue weighted by molar-refractivity contribution is -0.143. The van der Waals surface area contributed by atoms with Crippen molar-refractivity contribution in [2.45, 2.75) is 70.8 Å². The number of hydrogen-bond donors (Lipinski definition) is 2. The number of carboxylic acid groups (broad SMARTS) is 1. The summed E-state index contributed by atoms with van der Waals surface area (Å²) in [5, 5.41) is 9.04. The normalized spacial score (nSPS) is 22.3. The van der Waals surface area contributed by atoms with Crippen molar-refractivity contribution in [2.75, 3.05) is 0 Å². The zero-order valence-electron chi connectivity index (χ0n) is 11.2. The summed E-state index contributed by atoms with van der Waals surface area (Å²) < 4.78 is 0. The molecule has 0 heterocycles. The van der Waals surface area contributed by atoms with Gasteiger partial charge in [0.2, 0.25) is 0 Å². The van der Waals surface area contributed by atoms with Crippen LogP contribution < -0.4 is 5.73 Å². The van der Waals surface area contributed by atoms with Crippen LogP contribution in [0.4, 0.5) is 0 Å².